The fourth-order valence-corrected chi connectivity index (χ4v) is 2.72. The van der Waals surface area contributed by atoms with Crippen LogP contribution >= 0.6 is 0 Å². The molecule has 0 unspecified atom stereocenters. The minimum atomic E-state index is -0.424. The van der Waals surface area contributed by atoms with E-state index in [0.717, 1.165) is 19.4 Å². The van der Waals surface area contributed by atoms with Crippen LogP contribution in [0.15, 0.2) is 30.3 Å². The van der Waals surface area contributed by atoms with Gasteiger partial charge in [-0.15, -0.1) is 0 Å². The standard InChI is InChI=1S/C15H18N2O3/c18-14-9-13(16-10-12-7-4-8-20-12)15(19)17(14)11-5-2-1-3-6-11/h1-3,5-6,12-13,16H,4,7-10H2/t12-,13+/m0/s1. The molecule has 3 rings (SSSR count). The Morgan fingerprint density at radius 3 is 2.75 bits per heavy atom. The van der Waals surface area contributed by atoms with Crippen molar-refractivity contribution in [1.82, 2.24) is 5.32 Å². The summed E-state index contributed by atoms with van der Waals surface area (Å²) in [4.78, 5) is 25.6. The third-order valence-electron chi connectivity index (χ3n) is 3.78. The van der Waals surface area contributed by atoms with Gasteiger partial charge in [0.15, 0.2) is 0 Å². The van der Waals surface area contributed by atoms with Crippen molar-refractivity contribution in [3.8, 4) is 0 Å². The summed E-state index contributed by atoms with van der Waals surface area (Å²) in [6.45, 7) is 1.42. The molecule has 0 spiro atoms. The maximum Gasteiger partial charge on any atom is 0.251 e. The summed E-state index contributed by atoms with van der Waals surface area (Å²) in [5.74, 6) is -0.315. The first-order valence-corrected chi connectivity index (χ1v) is 7.02. The number of hydrogen-bond acceptors (Lipinski definition) is 4. The van der Waals surface area contributed by atoms with Crippen LogP contribution in [0.4, 0.5) is 5.69 Å². The molecule has 0 aliphatic carbocycles. The highest BCUT2D eigenvalue weighted by atomic mass is 16.5. The smallest absolute Gasteiger partial charge is 0.251 e. The number of imide groups is 1. The quantitative estimate of drug-likeness (QED) is 0.835. The highest BCUT2D eigenvalue weighted by molar-refractivity contribution is 6.22. The van der Waals surface area contributed by atoms with Gasteiger partial charge in [-0.05, 0) is 25.0 Å². The number of nitrogens with zero attached hydrogens (tertiary/aromatic N) is 1. The number of hydrogen-bond donors (Lipinski definition) is 1. The van der Waals surface area contributed by atoms with Gasteiger partial charge in [-0.1, -0.05) is 18.2 Å². The predicted molar refractivity (Wildman–Crippen MR) is 74.3 cm³/mol. The Balaban J connectivity index is 1.64. The third kappa shape index (κ3) is 2.59. The third-order valence-corrected chi connectivity index (χ3v) is 3.78. The minimum absolute atomic E-state index is 0.147. The largest absolute Gasteiger partial charge is 0.377 e. The number of para-hydroxylation sites is 1. The molecule has 1 aromatic rings. The number of anilines is 1. The molecule has 0 radical (unpaired) electrons. The van der Waals surface area contributed by atoms with E-state index in [1.807, 2.05) is 18.2 Å². The van der Waals surface area contributed by atoms with Crippen LogP contribution in [0.3, 0.4) is 0 Å². The molecule has 2 heterocycles. The van der Waals surface area contributed by atoms with E-state index in [2.05, 4.69) is 5.32 Å². The highest BCUT2D eigenvalue weighted by Crippen LogP contribution is 2.22. The summed E-state index contributed by atoms with van der Waals surface area (Å²) in [6.07, 6.45) is 2.48. The number of ether oxygens (including phenoxy) is 1. The van der Waals surface area contributed by atoms with Crippen LogP contribution in [-0.2, 0) is 14.3 Å². The van der Waals surface area contributed by atoms with Gasteiger partial charge in [0.05, 0.1) is 24.3 Å². The first kappa shape index (κ1) is 13.3. The summed E-state index contributed by atoms with van der Waals surface area (Å²) in [6, 6.07) is 8.64. The van der Waals surface area contributed by atoms with Gasteiger partial charge < -0.3 is 10.1 Å². The van der Waals surface area contributed by atoms with Crippen molar-refractivity contribution in [2.45, 2.75) is 31.4 Å². The molecule has 2 atom stereocenters. The normalized spacial score (nSPS) is 26.5. The van der Waals surface area contributed by atoms with Crippen molar-refractivity contribution >= 4 is 17.5 Å². The van der Waals surface area contributed by atoms with Crippen LogP contribution in [0.25, 0.3) is 0 Å². The number of rotatable bonds is 4. The first-order chi connectivity index (χ1) is 9.75. The molecule has 2 aliphatic rings. The van der Waals surface area contributed by atoms with Gasteiger partial charge in [0.1, 0.15) is 0 Å². The topological polar surface area (TPSA) is 58.6 Å². The maximum atomic E-state index is 12.3. The van der Waals surface area contributed by atoms with E-state index < -0.39 is 6.04 Å². The Morgan fingerprint density at radius 2 is 2.05 bits per heavy atom. The van der Waals surface area contributed by atoms with Gasteiger partial charge >= 0.3 is 0 Å². The van der Waals surface area contributed by atoms with E-state index in [0.29, 0.717) is 12.2 Å². The van der Waals surface area contributed by atoms with Crippen LogP contribution in [0.2, 0.25) is 0 Å². The molecule has 0 bridgehead atoms. The van der Waals surface area contributed by atoms with E-state index in [9.17, 15) is 9.59 Å². The highest BCUT2D eigenvalue weighted by Gasteiger charge is 2.39. The molecule has 5 heteroatoms. The zero-order valence-electron chi connectivity index (χ0n) is 11.2. The molecule has 1 aromatic carbocycles. The zero-order chi connectivity index (χ0) is 13.9. The maximum absolute atomic E-state index is 12.3. The monoisotopic (exact) mass is 274 g/mol. The number of nitrogens with one attached hydrogen (secondary N) is 1. The van der Waals surface area contributed by atoms with Gasteiger partial charge in [-0.25, -0.2) is 4.90 Å². The molecule has 106 valence electrons. The number of benzene rings is 1. The van der Waals surface area contributed by atoms with Gasteiger partial charge in [0.25, 0.3) is 5.91 Å². The molecular weight excluding hydrogens is 256 g/mol. The van der Waals surface area contributed by atoms with Crippen LogP contribution in [0.5, 0.6) is 0 Å². The molecule has 2 aliphatic heterocycles. The van der Waals surface area contributed by atoms with E-state index in [-0.39, 0.29) is 24.3 Å². The van der Waals surface area contributed by atoms with E-state index in [1.165, 1.54) is 4.90 Å². The predicted octanol–water partition coefficient (Wildman–Crippen LogP) is 1.09. The molecule has 5 nitrogen and oxygen atoms in total. The van der Waals surface area contributed by atoms with E-state index in [1.54, 1.807) is 12.1 Å². The second kappa shape index (κ2) is 5.73. The SMILES string of the molecule is O=C1C[C@@H](NC[C@@H]2CCCO2)C(=O)N1c1ccccc1. The van der Waals surface area contributed by atoms with E-state index in [4.69, 9.17) is 4.74 Å². The molecule has 1 N–H and O–H groups in total. The van der Waals surface area contributed by atoms with Crippen molar-refractivity contribution in [3.05, 3.63) is 30.3 Å². The van der Waals surface area contributed by atoms with Crippen LogP contribution in [0, 0.1) is 0 Å². The van der Waals surface area contributed by atoms with Crippen LogP contribution < -0.4 is 10.2 Å². The average Bonchev–Trinajstić information content (AvgIpc) is 3.06. The van der Waals surface area contributed by atoms with Gasteiger partial charge in [-0.3, -0.25) is 9.59 Å². The van der Waals surface area contributed by atoms with Crippen molar-refractivity contribution in [2.24, 2.45) is 0 Å². The van der Waals surface area contributed by atoms with Crippen LogP contribution in [-0.4, -0.2) is 37.1 Å². The number of amides is 2. The summed E-state index contributed by atoms with van der Waals surface area (Å²) in [5, 5.41) is 3.17. The Hall–Kier alpha value is -1.72. The second-order valence-corrected chi connectivity index (χ2v) is 5.20. The van der Waals surface area contributed by atoms with Gasteiger partial charge in [-0.2, -0.15) is 0 Å². The first-order valence-electron chi connectivity index (χ1n) is 7.02. The summed E-state index contributed by atoms with van der Waals surface area (Å²) < 4.78 is 5.51. The molecule has 2 saturated heterocycles. The Kier molecular flexibility index (Phi) is 3.80. The number of carbonyl (C=O) groups is 2. The fraction of sp³-hybridized carbons (Fsp3) is 0.467. The Labute approximate surface area is 117 Å². The molecule has 0 saturated carbocycles. The average molecular weight is 274 g/mol. The minimum Gasteiger partial charge on any atom is -0.377 e. The Bertz CT molecular complexity index is 497. The van der Waals surface area contributed by atoms with E-state index >= 15 is 0 Å². The van der Waals surface area contributed by atoms with Gasteiger partial charge in [0.2, 0.25) is 5.91 Å². The van der Waals surface area contributed by atoms with Gasteiger partial charge in [0, 0.05) is 13.2 Å². The van der Waals surface area contributed by atoms with Crippen LogP contribution in [0.1, 0.15) is 19.3 Å². The lowest BCUT2D eigenvalue weighted by Crippen LogP contribution is -2.41. The summed E-state index contributed by atoms with van der Waals surface area (Å²) in [7, 11) is 0. The fourth-order valence-electron chi connectivity index (χ4n) is 2.72. The second-order valence-electron chi connectivity index (χ2n) is 5.20. The molecule has 0 aromatic heterocycles. The van der Waals surface area contributed by atoms with Crippen molar-refractivity contribution < 1.29 is 14.3 Å². The lowest BCUT2D eigenvalue weighted by atomic mass is 10.2. The molecular formula is C15H18N2O3. The lowest BCUT2D eigenvalue weighted by Gasteiger charge is -2.16. The summed E-state index contributed by atoms with van der Waals surface area (Å²) in [5.41, 5.74) is 0.643. The van der Waals surface area contributed by atoms with Crippen molar-refractivity contribution in [1.29, 1.82) is 0 Å². The number of carbonyl (C=O) groups excluding carboxylic acids is 2. The summed E-state index contributed by atoms with van der Waals surface area (Å²) >= 11 is 0. The molecule has 2 amide bonds. The lowest BCUT2D eigenvalue weighted by molar-refractivity contribution is -0.121. The molecule has 2 fully saturated rings. The van der Waals surface area contributed by atoms with Crippen molar-refractivity contribution in [3.63, 3.8) is 0 Å². The zero-order valence-corrected chi connectivity index (χ0v) is 11.2. The molecule has 20 heavy (non-hydrogen) atoms. The van der Waals surface area contributed by atoms with Crippen molar-refractivity contribution in [2.75, 3.05) is 18.1 Å². The Morgan fingerprint density at radius 1 is 1.25 bits per heavy atom.